The molecule has 0 aliphatic carbocycles. The lowest BCUT2D eigenvalue weighted by Gasteiger charge is -2.35. The van der Waals surface area contributed by atoms with Gasteiger partial charge in [0.1, 0.15) is 12.7 Å². The molecule has 1 amide bonds. The van der Waals surface area contributed by atoms with Crippen LogP contribution in [0, 0.1) is 0 Å². The lowest BCUT2D eigenvalue weighted by molar-refractivity contribution is 0.0522. The summed E-state index contributed by atoms with van der Waals surface area (Å²) in [7, 11) is -7.83. The summed E-state index contributed by atoms with van der Waals surface area (Å²) in [5, 5.41) is -0.325. The second kappa shape index (κ2) is 8.79. The van der Waals surface area contributed by atoms with Gasteiger partial charge in [0.05, 0.1) is 13.2 Å². The van der Waals surface area contributed by atoms with Crippen LogP contribution >= 0.6 is 14.7 Å². The summed E-state index contributed by atoms with van der Waals surface area (Å²) in [6, 6.07) is 0. The first kappa shape index (κ1) is 23.6. The summed E-state index contributed by atoms with van der Waals surface area (Å²) in [6.45, 7) is 10.2. The van der Waals surface area contributed by atoms with Crippen LogP contribution in [0.25, 0.3) is 0 Å². The van der Waals surface area contributed by atoms with Gasteiger partial charge in [0, 0.05) is 13.0 Å². The topological polar surface area (TPSA) is 90.9 Å². The van der Waals surface area contributed by atoms with E-state index in [-0.39, 0.29) is 19.8 Å². The molecule has 0 aromatic rings. The fraction of sp³-hybridized carbons (Fsp3) is 0.929. The molecule has 0 rings (SSSR count). The van der Waals surface area contributed by atoms with Crippen molar-refractivity contribution in [2.45, 2.75) is 51.8 Å². The molecule has 0 spiro atoms. The number of amides is 1. The van der Waals surface area contributed by atoms with E-state index in [9.17, 15) is 13.9 Å². The molecular weight excluding hydrogens is 359 g/mol. The van der Waals surface area contributed by atoms with Gasteiger partial charge < -0.3 is 23.7 Å². The van der Waals surface area contributed by atoms with Crippen LogP contribution in [-0.2, 0) is 22.9 Å². The van der Waals surface area contributed by atoms with Crippen LogP contribution in [0.5, 0.6) is 0 Å². The predicted octanol–water partition coefficient (Wildman–Crippen LogP) is 4.41. The SMILES string of the molecule is CCOP(=O)(OCC)C(F)(CCNC(=O)OC(C)(C)C)P(C)(C)=O. The second-order valence-corrected chi connectivity index (χ2v) is 12.6. The molecule has 0 heterocycles. The van der Waals surface area contributed by atoms with Gasteiger partial charge in [-0.05, 0) is 47.9 Å². The van der Waals surface area contributed by atoms with Crippen LogP contribution in [0.1, 0.15) is 41.0 Å². The zero-order valence-electron chi connectivity index (χ0n) is 15.6. The molecule has 144 valence electrons. The first-order valence-electron chi connectivity index (χ1n) is 7.82. The molecule has 0 bridgehead atoms. The van der Waals surface area contributed by atoms with Gasteiger partial charge in [0.2, 0.25) is 0 Å². The van der Waals surface area contributed by atoms with Crippen molar-refractivity contribution in [3.63, 3.8) is 0 Å². The maximum Gasteiger partial charge on any atom is 0.407 e. The molecule has 1 atom stereocenters. The van der Waals surface area contributed by atoms with Crippen LogP contribution < -0.4 is 5.32 Å². The minimum Gasteiger partial charge on any atom is -0.444 e. The summed E-state index contributed by atoms with van der Waals surface area (Å²) < 4.78 is 56.0. The number of alkyl carbamates (subject to hydrolysis) is 1. The third kappa shape index (κ3) is 6.47. The number of carbonyl (C=O) groups excluding carboxylic acids is 1. The Morgan fingerprint density at radius 2 is 1.54 bits per heavy atom. The number of alkyl halides is 1. The van der Waals surface area contributed by atoms with E-state index in [1.807, 2.05) is 0 Å². The van der Waals surface area contributed by atoms with Gasteiger partial charge in [-0.15, -0.1) is 0 Å². The fourth-order valence-corrected chi connectivity index (χ4v) is 6.81. The highest BCUT2D eigenvalue weighted by molar-refractivity contribution is 7.78. The number of carbonyl (C=O) groups is 1. The van der Waals surface area contributed by atoms with Crippen molar-refractivity contribution in [1.29, 1.82) is 0 Å². The quantitative estimate of drug-likeness (QED) is 0.587. The number of hydrogen-bond donors (Lipinski definition) is 1. The van der Waals surface area contributed by atoms with Crippen molar-refractivity contribution in [3.8, 4) is 0 Å². The summed E-state index contributed by atoms with van der Waals surface area (Å²) in [5.74, 6) is 0. The Kier molecular flexibility index (Phi) is 8.64. The van der Waals surface area contributed by atoms with Crippen LogP contribution in [0.2, 0.25) is 0 Å². The van der Waals surface area contributed by atoms with Crippen LogP contribution in [-0.4, -0.2) is 49.9 Å². The average Bonchev–Trinajstić information content (AvgIpc) is 2.35. The van der Waals surface area contributed by atoms with Gasteiger partial charge in [-0.2, -0.15) is 0 Å². The Hall–Kier alpha value is -0.420. The zero-order chi connectivity index (χ0) is 19.2. The van der Waals surface area contributed by atoms with Crippen LogP contribution in [0.15, 0.2) is 0 Å². The van der Waals surface area contributed by atoms with Gasteiger partial charge in [0.15, 0.2) is 0 Å². The lowest BCUT2D eigenvalue weighted by Crippen LogP contribution is -2.36. The maximum atomic E-state index is 15.5. The van der Waals surface area contributed by atoms with E-state index < -0.39 is 38.0 Å². The van der Waals surface area contributed by atoms with Crippen molar-refractivity contribution in [2.75, 3.05) is 33.1 Å². The van der Waals surface area contributed by atoms with E-state index in [2.05, 4.69) is 5.32 Å². The van der Waals surface area contributed by atoms with Crippen LogP contribution in [0.3, 0.4) is 0 Å². The van der Waals surface area contributed by atoms with Crippen molar-refractivity contribution >= 4 is 20.8 Å². The van der Waals surface area contributed by atoms with E-state index in [0.717, 1.165) is 0 Å². The minimum atomic E-state index is -4.29. The monoisotopic (exact) mass is 389 g/mol. The van der Waals surface area contributed by atoms with E-state index >= 15 is 4.39 Å². The molecule has 0 aromatic carbocycles. The second-order valence-electron chi connectivity index (χ2n) is 6.58. The van der Waals surface area contributed by atoms with E-state index in [0.29, 0.717) is 0 Å². The van der Waals surface area contributed by atoms with Gasteiger partial charge in [0.25, 0.3) is 5.15 Å². The summed E-state index contributed by atoms with van der Waals surface area (Å²) in [5.41, 5.74) is -0.701. The minimum absolute atomic E-state index is 0.0531. The highest BCUT2D eigenvalue weighted by Gasteiger charge is 2.59. The highest BCUT2D eigenvalue weighted by Crippen LogP contribution is 2.76. The standard InChI is InChI=1S/C14H30FNO6P2/c1-8-20-24(19,21-9-2)14(15,23(6,7)18)10-11-16-12(17)22-13(3,4)5/h8-11H2,1-7H3,(H,16,17). The number of halogens is 1. The Balaban J connectivity index is 5.25. The van der Waals surface area contributed by atoms with Gasteiger partial charge in [-0.1, -0.05) is 0 Å². The van der Waals surface area contributed by atoms with Gasteiger partial charge >= 0.3 is 13.7 Å². The van der Waals surface area contributed by atoms with Crippen molar-refractivity contribution in [3.05, 3.63) is 0 Å². The van der Waals surface area contributed by atoms with Crippen molar-refractivity contribution in [1.82, 2.24) is 5.32 Å². The molecule has 0 saturated carbocycles. The first-order valence-corrected chi connectivity index (χ1v) is 12.0. The maximum absolute atomic E-state index is 15.5. The fourth-order valence-electron chi connectivity index (χ4n) is 1.91. The molecular formula is C14H30FNO6P2. The van der Waals surface area contributed by atoms with E-state index in [4.69, 9.17) is 13.8 Å². The summed E-state index contributed by atoms with van der Waals surface area (Å²) in [4.78, 5) is 11.6. The first-order chi connectivity index (χ1) is 10.7. The number of nitrogens with one attached hydrogen (secondary N) is 1. The van der Waals surface area contributed by atoms with Crippen molar-refractivity contribution in [2.24, 2.45) is 0 Å². The third-order valence-corrected chi connectivity index (χ3v) is 9.27. The molecule has 0 aliphatic rings. The molecule has 0 radical (unpaired) electrons. The molecule has 0 saturated heterocycles. The predicted molar refractivity (Wildman–Crippen MR) is 93.0 cm³/mol. The van der Waals surface area contributed by atoms with Gasteiger partial charge in [-0.25, -0.2) is 9.18 Å². The summed E-state index contributed by atoms with van der Waals surface area (Å²) >= 11 is 0. The molecule has 1 N–H and O–H groups in total. The smallest absolute Gasteiger partial charge is 0.407 e. The number of rotatable bonds is 9. The van der Waals surface area contributed by atoms with Crippen LogP contribution in [0.4, 0.5) is 9.18 Å². The molecule has 0 aromatic heterocycles. The molecule has 10 heteroatoms. The molecule has 1 unspecified atom stereocenters. The Morgan fingerprint density at radius 1 is 1.08 bits per heavy atom. The zero-order valence-corrected chi connectivity index (χ0v) is 17.3. The van der Waals surface area contributed by atoms with Crippen molar-refractivity contribution < 1.29 is 32.1 Å². The van der Waals surface area contributed by atoms with Gasteiger partial charge in [-0.3, -0.25) is 4.57 Å². The average molecular weight is 389 g/mol. The lowest BCUT2D eigenvalue weighted by atomic mass is 10.2. The Labute approximate surface area is 143 Å². The Bertz CT molecular complexity index is 506. The Morgan fingerprint density at radius 3 is 1.88 bits per heavy atom. The number of ether oxygens (including phenoxy) is 1. The third-order valence-electron chi connectivity index (χ3n) is 2.95. The molecule has 7 nitrogen and oxygen atoms in total. The molecule has 24 heavy (non-hydrogen) atoms. The number of hydrogen-bond acceptors (Lipinski definition) is 6. The normalized spacial score (nSPS) is 15.7. The molecule has 0 aliphatic heterocycles. The van der Waals surface area contributed by atoms with E-state index in [1.54, 1.807) is 34.6 Å². The van der Waals surface area contributed by atoms with E-state index in [1.165, 1.54) is 13.3 Å². The molecule has 0 fully saturated rings. The summed E-state index contributed by atoms with van der Waals surface area (Å²) in [6.07, 6.45) is -1.22. The largest absolute Gasteiger partial charge is 0.444 e. The highest BCUT2D eigenvalue weighted by atomic mass is 31.2.